The van der Waals surface area contributed by atoms with Gasteiger partial charge in [-0.3, -0.25) is 10.1 Å². The van der Waals surface area contributed by atoms with E-state index >= 15 is 0 Å². The van der Waals surface area contributed by atoms with E-state index in [0.717, 1.165) is 24.0 Å². The van der Waals surface area contributed by atoms with Crippen LogP contribution < -0.4 is 10.2 Å². The third kappa shape index (κ3) is 4.78. The smallest absolute Gasteiger partial charge is 0.349 e. The highest BCUT2D eigenvalue weighted by Crippen LogP contribution is 2.35. The first-order chi connectivity index (χ1) is 13.8. The molecule has 29 heavy (non-hydrogen) atoms. The van der Waals surface area contributed by atoms with Crippen LogP contribution in [0, 0.1) is 10.1 Å². The zero-order valence-electron chi connectivity index (χ0n) is 15.2. The summed E-state index contributed by atoms with van der Waals surface area (Å²) in [7, 11) is 1.64. The van der Waals surface area contributed by atoms with Crippen LogP contribution in [0.15, 0.2) is 60.9 Å². The molecular formula is C19H16F3N5O2. The largest absolute Gasteiger partial charge is 0.416 e. The fourth-order valence-corrected chi connectivity index (χ4v) is 2.75. The maximum absolute atomic E-state index is 12.9. The number of halogens is 3. The molecule has 7 nitrogen and oxygen atoms in total. The van der Waals surface area contributed by atoms with E-state index in [0.29, 0.717) is 6.54 Å². The van der Waals surface area contributed by atoms with Crippen LogP contribution in [0.5, 0.6) is 0 Å². The van der Waals surface area contributed by atoms with Crippen molar-refractivity contribution in [1.29, 1.82) is 0 Å². The number of anilines is 3. The van der Waals surface area contributed by atoms with Gasteiger partial charge in [-0.05, 0) is 23.8 Å². The van der Waals surface area contributed by atoms with Gasteiger partial charge in [-0.1, -0.05) is 36.4 Å². The van der Waals surface area contributed by atoms with Crippen molar-refractivity contribution in [2.75, 3.05) is 17.3 Å². The molecule has 0 bridgehead atoms. The molecule has 0 aliphatic rings. The second-order valence-electron chi connectivity index (χ2n) is 6.20. The highest BCUT2D eigenvalue weighted by atomic mass is 19.4. The Morgan fingerprint density at radius 1 is 1.10 bits per heavy atom. The number of aromatic nitrogens is 2. The Bertz CT molecular complexity index is 1010. The monoisotopic (exact) mass is 403 g/mol. The van der Waals surface area contributed by atoms with Gasteiger partial charge in [-0.2, -0.15) is 13.2 Å². The summed E-state index contributed by atoms with van der Waals surface area (Å²) >= 11 is 0. The molecule has 0 atom stereocenters. The van der Waals surface area contributed by atoms with Crippen molar-refractivity contribution in [2.24, 2.45) is 0 Å². The van der Waals surface area contributed by atoms with E-state index in [4.69, 9.17) is 0 Å². The average molecular weight is 403 g/mol. The third-order valence-corrected chi connectivity index (χ3v) is 4.06. The van der Waals surface area contributed by atoms with E-state index in [2.05, 4.69) is 15.3 Å². The molecule has 0 spiro atoms. The quantitative estimate of drug-likeness (QED) is 0.471. The summed E-state index contributed by atoms with van der Waals surface area (Å²) < 4.78 is 38.8. The lowest BCUT2D eigenvalue weighted by Crippen LogP contribution is -2.20. The molecule has 1 N–H and O–H groups in total. The van der Waals surface area contributed by atoms with Crippen molar-refractivity contribution in [3.8, 4) is 0 Å². The predicted molar refractivity (Wildman–Crippen MR) is 102 cm³/mol. The molecule has 2 aromatic carbocycles. The molecule has 0 radical (unpaired) electrons. The zero-order chi connectivity index (χ0) is 21.0. The van der Waals surface area contributed by atoms with Gasteiger partial charge in [0.25, 0.3) is 0 Å². The number of nitrogens with one attached hydrogen (secondary N) is 1. The molecule has 0 aliphatic heterocycles. The van der Waals surface area contributed by atoms with Crippen LogP contribution >= 0.6 is 0 Å². The molecule has 0 saturated carbocycles. The summed E-state index contributed by atoms with van der Waals surface area (Å²) in [5.74, 6) is -0.150. The maximum Gasteiger partial charge on any atom is 0.416 e. The van der Waals surface area contributed by atoms with Crippen LogP contribution in [0.2, 0.25) is 0 Å². The van der Waals surface area contributed by atoms with Gasteiger partial charge >= 0.3 is 11.9 Å². The van der Waals surface area contributed by atoms with Gasteiger partial charge in [-0.25, -0.2) is 9.97 Å². The minimum atomic E-state index is -4.53. The molecule has 3 aromatic rings. The van der Waals surface area contributed by atoms with Crippen molar-refractivity contribution in [2.45, 2.75) is 12.7 Å². The molecule has 1 aromatic heterocycles. The van der Waals surface area contributed by atoms with Crippen molar-refractivity contribution >= 4 is 23.0 Å². The average Bonchev–Trinajstić information content (AvgIpc) is 2.68. The lowest BCUT2D eigenvalue weighted by Gasteiger charge is -2.19. The summed E-state index contributed by atoms with van der Waals surface area (Å²) in [6.07, 6.45) is -3.41. The van der Waals surface area contributed by atoms with Gasteiger partial charge in [0, 0.05) is 19.3 Å². The molecule has 3 rings (SSSR count). The van der Waals surface area contributed by atoms with Crippen LogP contribution in [0.4, 0.5) is 36.2 Å². The summed E-state index contributed by atoms with van der Waals surface area (Å²) in [5, 5.41) is 14.3. The molecule has 0 saturated heterocycles. The highest BCUT2D eigenvalue weighted by Gasteiger charge is 2.31. The van der Waals surface area contributed by atoms with Gasteiger partial charge in [0.1, 0.15) is 6.33 Å². The van der Waals surface area contributed by atoms with Crippen LogP contribution in [0.3, 0.4) is 0 Å². The number of nitrogens with zero attached hydrogens (tertiary/aromatic N) is 4. The van der Waals surface area contributed by atoms with Gasteiger partial charge in [0.05, 0.1) is 10.5 Å². The first-order valence-electron chi connectivity index (χ1n) is 8.44. The number of nitro groups is 1. The number of hydrogen-bond donors (Lipinski definition) is 1. The van der Waals surface area contributed by atoms with Gasteiger partial charge in [0.2, 0.25) is 11.6 Å². The summed E-state index contributed by atoms with van der Waals surface area (Å²) in [4.78, 5) is 20.5. The number of hydrogen-bond acceptors (Lipinski definition) is 6. The van der Waals surface area contributed by atoms with Crippen LogP contribution in [0.1, 0.15) is 11.1 Å². The van der Waals surface area contributed by atoms with Crippen molar-refractivity contribution in [1.82, 2.24) is 9.97 Å². The number of alkyl halides is 3. The lowest BCUT2D eigenvalue weighted by atomic mass is 10.2. The first-order valence-corrected chi connectivity index (χ1v) is 8.44. The summed E-state index contributed by atoms with van der Waals surface area (Å²) in [6.45, 7) is 0.349. The third-order valence-electron chi connectivity index (χ3n) is 4.06. The van der Waals surface area contributed by atoms with Gasteiger partial charge in [0.15, 0.2) is 0 Å². The van der Waals surface area contributed by atoms with Crippen LogP contribution in [0.25, 0.3) is 0 Å². The van der Waals surface area contributed by atoms with Crippen molar-refractivity contribution in [3.05, 3.63) is 82.2 Å². The lowest BCUT2D eigenvalue weighted by molar-refractivity contribution is -0.383. The normalized spacial score (nSPS) is 11.2. The standard InChI is InChI=1S/C19H16F3N5O2/c1-26(11-13-6-3-2-4-7-13)18-16(27(28)29)17(23-12-24-18)25-15-9-5-8-14(10-15)19(20,21)22/h2-10,12H,11H2,1H3,(H,23,24,25). The van der Waals surface area contributed by atoms with Crippen molar-refractivity contribution < 1.29 is 18.1 Å². The molecule has 1 heterocycles. The van der Waals surface area contributed by atoms with E-state index in [1.165, 1.54) is 12.1 Å². The van der Waals surface area contributed by atoms with Crippen LogP contribution in [-0.2, 0) is 12.7 Å². The van der Waals surface area contributed by atoms with E-state index in [-0.39, 0.29) is 17.3 Å². The Balaban J connectivity index is 1.94. The second-order valence-corrected chi connectivity index (χ2v) is 6.20. The number of benzene rings is 2. The Kier molecular flexibility index (Phi) is 5.62. The van der Waals surface area contributed by atoms with E-state index in [9.17, 15) is 23.3 Å². The molecule has 10 heteroatoms. The maximum atomic E-state index is 12.9. The Hall–Kier alpha value is -3.69. The minimum Gasteiger partial charge on any atom is -0.349 e. The zero-order valence-corrected chi connectivity index (χ0v) is 15.2. The minimum absolute atomic E-state index is 0.0262. The van der Waals surface area contributed by atoms with Gasteiger partial charge in [-0.15, -0.1) is 0 Å². The van der Waals surface area contributed by atoms with E-state index < -0.39 is 22.4 Å². The fraction of sp³-hybridized carbons (Fsp3) is 0.158. The molecule has 0 fully saturated rings. The summed E-state index contributed by atoms with van der Waals surface area (Å²) in [5.41, 5.74) is -0.363. The summed E-state index contributed by atoms with van der Waals surface area (Å²) in [6, 6.07) is 13.6. The highest BCUT2D eigenvalue weighted by molar-refractivity contribution is 5.74. The Labute approximate surface area is 164 Å². The van der Waals surface area contributed by atoms with Crippen molar-refractivity contribution in [3.63, 3.8) is 0 Å². The first kappa shape index (κ1) is 20.1. The van der Waals surface area contributed by atoms with E-state index in [1.807, 2.05) is 30.3 Å². The fourth-order valence-electron chi connectivity index (χ4n) is 2.75. The van der Waals surface area contributed by atoms with Gasteiger partial charge < -0.3 is 10.2 Å². The Morgan fingerprint density at radius 3 is 2.48 bits per heavy atom. The van der Waals surface area contributed by atoms with Crippen LogP contribution in [-0.4, -0.2) is 21.9 Å². The second kappa shape index (κ2) is 8.13. The number of rotatable bonds is 6. The SMILES string of the molecule is CN(Cc1ccccc1)c1ncnc(Nc2cccc(C(F)(F)F)c2)c1[N+](=O)[O-]. The van der Waals surface area contributed by atoms with E-state index in [1.54, 1.807) is 11.9 Å². The molecule has 0 amide bonds. The molecular weight excluding hydrogens is 387 g/mol. The topological polar surface area (TPSA) is 84.2 Å². The molecule has 0 aliphatic carbocycles. The molecule has 0 unspecified atom stereocenters. The molecule has 150 valence electrons. The predicted octanol–water partition coefficient (Wildman–Crippen LogP) is 4.78. The Morgan fingerprint density at radius 2 is 1.83 bits per heavy atom.